The Hall–Kier alpha value is -0.540. The smallest absolute Gasteiger partial charge is 0.123 e. The van der Waals surface area contributed by atoms with Crippen LogP contribution in [0.25, 0.3) is 0 Å². The van der Waals surface area contributed by atoms with Crippen molar-refractivity contribution in [3.8, 4) is 0 Å². The van der Waals surface area contributed by atoms with Gasteiger partial charge in [-0.3, -0.25) is 0 Å². The summed E-state index contributed by atoms with van der Waals surface area (Å²) in [5.41, 5.74) is 6.99. The number of rotatable bonds is 6. The molecule has 0 aliphatic carbocycles. The first kappa shape index (κ1) is 14.5. The second-order valence-electron chi connectivity index (χ2n) is 4.89. The van der Waals surface area contributed by atoms with Gasteiger partial charge in [-0.1, -0.05) is 26.0 Å². The van der Waals surface area contributed by atoms with Crippen LogP contribution in [0, 0.1) is 11.7 Å². The predicted molar refractivity (Wildman–Crippen MR) is 74.7 cm³/mol. The maximum absolute atomic E-state index is 13.2. The lowest BCUT2D eigenvalue weighted by molar-refractivity contribution is 0.619. The summed E-state index contributed by atoms with van der Waals surface area (Å²) in [6.07, 6.45) is 1.17. The zero-order valence-corrected chi connectivity index (χ0v) is 11.6. The SMILES string of the molecule is CC(C)CCSC(c1cccc(F)c1)C(C)N. The summed E-state index contributed by atoms with van der Waals surface area (Å²) in [6.45, 7) is 6.41. The van der Waals surface area contributed by atoms with Crippen molar-refractivity contribution < 1.29 is 4.39 Å². The average molecular weight is 255 g/mol. The van der Waals surface area contributed by atoms with Crippen LogP contribution in [0.3, 0.4) is 0 Å². The molecule has 0 saturated heterocycles. The number of thioether (sulfide) groups is 1. The van der Waals surface area contributed by atoms with E-state index in [2.05, 4.69) is 13.8 Å². The zero-order chi connectivity index (χ0) is 12.8. The second kappa shape index (κ2) is 7.02. The standard InChI is InChI=1S/C14H22FNS/c1-10(2)7-8-17-14(11(3)16)12-5-4-6-13(15)9-12/h4-6,9-11,14H,7-8,16H2,1-3H3. The molecule has 0 aliphatic heterocycles. The summed E-state index contributed by atoms with van der Waals surface area (Å²) in [5.74, 6) is 1.58. The fourth-order valence-electron chi connectivity index (χ4n) is 1.67. The molecule has 2 atom stereocenters. The lowest BCUT2D eigenvalue weighted by Gasteiger charge is -2.21. The fraction of sp³-hybridized carbons (Fsp3) is 0.571. The van der Waals surface area contributed by atoms with Gasteiger partial charge in [-0.2, -0.15) is 11.8 Å². The van der Waals surface area contributed by atoms with E-state index in [0.29, 0.717) is 5.92 Å². The van der Waals surface area contributed by atoms with E-state index in [0.717, 1.165) is 11.3 Å². The molecule has 1 aromatic carbocycles. The number of halogens is 1. The minimum atomic E-state index is -0.183. The Kier molecular flexibility index (Phi) is 6.00. The molecule has 2 unspecified atom stereocenters. The Bertz CT molecular complexity index is 339. The second-order valence-corrected chi connectivity index (χ2v) is 6.14. The lowest BCUT2D eigenvalue weighted by atomic mass is 10.1. The van der Waals surface area contributed by atoms with Gasteiger partial charge in [0.15, 0.2) is 0 Å². The van der Waals surface area contributed by atoms with Crippen LogP contribution in [-0.2, 0) is 0 Å². The van der Waals surface area contributed by atoms with E-state index < -0.39 is 0 Å². The van der Waals surface area contributed by atoms with Crippen LogP contribution in [0.5, 0.6) is 0 Å². The molecule has 1 aromatic rings. The van der Waals surface area contributed by atoms with Crippen molar-refractivity contribution in [1.82, 2.24) is 0 Å². The minimum absolute atomic E-state index is 0.0361. The Morgan fingerprint density at radius 2 is 2.00 bits per heavy atom. The molecule has 0 radical (unpaired) electrons. The summed E-state index contributed by atoms with van der Waals surface area (Å²) in [7, 11) is 0. The van der Waals surface area contributed by atoms with Gasteiger partial charge >= 0.3 is 0 Å². The largest absolute Gasteiger partial charge is 0.327 e. The van der Waals surface area contributed by atoms with E-state index in [4.69, 9.17) is 5.73 Å². The van der Waals surface area contributed by atoms with Crippen molar-refractivity contribution in [2.75, 3.05) is 5.75 Å². The van der Waals surface area contributed by atoms with Gasteiger partial charge in [0, 0.05) is 11.3 Å². The topological polar surface area (TPSA) is 26.0 Å². The third-order valence-electron chi connectivity index (χ3n) is 2.65. The number of hydrogen-bond donors (Lipinski definition) is 1. The molecule has 0 spiro atoms. The third-order valence-corrected chi connectivity index (χ3v) is 4.18. The first-order valence-corrected chi connectivity index (χ1v) is 7.18. The van der Waals surface area contributed by atoms with Crippen molar-refractivity contribution >= 4 is 11.8 Å². The van der Waals surface area contributed by atoms with E-state index >= 15 is 0 Å². The van der Waals surface area contributed by atoms with Crippen LogP contribution in [0.15, 0.2) is 24.3 Å². The van der Waals surface area contributed by atoms with Crippen molar-refractivity contribution in [2.45, 2.75) is 38.5 Å². The van der Waals surface area contributed by atoms with E-state index in [1.807, 2.05) is 24.8 Å². The highest BCUT2D eigenvalue weighted by atomic mass is 32.2. The molecule has 1 nitrogen and oxygen atoms in total. The van der Waals surface area contributed by atoms with Crippen LogP contribution in [-0.4, -0.2) is 11.8 Å². The van der Waals surface area contributed by atoms with Crippen molar-refractivity contribution in [3.05, 3.63) is 35.6 Å². The summed E-state index contributed by atoms with van der Waals surface area (Å²) in [6, 6.07) is 6.81. The Balaban J connectivity index is 2.66. The van der Waals surface area contributed by atoms with Gasteiger partial charge in [0.05, 0.1) is 0 Å². The van der Waals surface area contributed by atoms with Gasteiger partial charge in [0.25, 0.3) is 0 Å². The van der Waals surface area contributed by atoms with Crippen molar-refractivity contribution in [2.24, 2.45) is 11.7 Å². The molecule has 0 amide bonds. The Labute approximate surface area is 108 Å². The highest BCUT2D eigenvalue weighted by Gasteiger charge is 2.17. The number of hydrogen-bond acceptors (Lipinski definition) is 2. The van der Waals surface area contributed by atoms with Gasteiger partial charge in [-0.25, -0.2) is 4.39 Å². The van der Waals surface area contributed by atoms with Crippen molar-refractivity contribution in [3.63, 3.8) is 0 Å². The quantitative estimate of drug-likeness (QED) is 0.831. The number of benzene rings is 1. The molecule has 96 valence electrons. The Morgan fingerprint density at radius 3 is 2.53 bits per heavy atom. The normalized spacial score (nSPS) is 14.9. The lowest BCUT2D eigenvalue weighted by Crippen LogP contribution is -2.23. The van der Waals surface area contributed by atoms with Gasteiger partial charge < -0.3 is 5.73 Å². The summed E-state index contributed by atoms with van der Waals surface area (Å²) >= 11 is 1.83. The third kappa shape index (κ3) is 5.09. The summed E-state index contributed by atoms with van der Waals surface area (Å²) in [5, 5.41) is 0.185. The minimum Gasteiger partial charge on any atom is -0.327 e. The van der Waals surface area contributed by atoms with Crippen LogP contribution in [0.4, 0.5) is 4.39 Å². The molecule has 0 bridgehead atoms. The van der Waals surface area contributed by atoms with E-state index in [9.17, 15) is 4.39 Å². The molecule has 3 heteroatoms. The monoisotopic (exact) mass is 255 g/mol. The fourth-order valence-corrected chi connectivity index (χ4v) is 3.17. The summed E-state index contributed by atoms with van der Waals surface area (Å²) in [4.78, 5) is 0. The first-order chi connectivity index (χ1) is 8.00. The average Bonchev–Trinajstić information content (AvgIpc) is 2.23. The van der Waals surface area contributed by atoms with Crippen LogP contribution < -0.4 is 5.73 Å². The molecule has 1 rings (SSSR count). The van der Waals surface area contributed by atoms with Gasteiger partial charge in [0.1, 0.15) is 5.82 Å². The molecule has 0 aromatic heterocycles. The van der Waals surface area contributed by atoms with Crippen LogP contribution in [0.2, 0.25) is 0 Å². The van der Waals surface area contributed by atoms with E-state index in [1.165, 1.54) is 12.5 Å². The molecule has 0 aliphatic rings. The van der Waals surface area contributed by atoms with Gasteiger partial charge in [-0.15, -0.1) is 0 Å². The Morgan fingerprint density at radius 1 is 1.29 bits per heavy atom. The zero-order valence-electron chi connectivity index (χ0n) is 10.8. The highest BCUT2D eigenvalue weighted by molar-refractivity contribution is 7.99. The van der Waals surface area contributed by atoms with Crippen molar-refractivity contribution in [1.29, 1.82) is 0 Å². The maximum atomic E-state index is 13.2. The predicted octanol–water partition coefficient (Wildman–Crippen LogP) is 3.99. The molecule has 17 heavy (non-hydrogen) atoms. The highest BCUT2D eigenvalue weighted by Crippen LogP contribution is 2.32. The van der Waals surface area contributed by atoms with E-state index in [-0.39, 0.29) is 17.1 Å². The van der Waals surface area contributed by atoms with Crippen LogP contribution in [0.1, 0.15) is 38.0 Å². The number of nitrogens with two attached hydrogens (primary N) is 1. The molecule has 0 saturated carbocycles. The summed E-state index contributed by atoms with van der Waals surface area (Å²) < 4.78 is 13.2. The molecule has 0 heterocycles. The van der Waals surface area contributed by atoms with E-state index in [1.54, 1.807) is 12.1 Å². The van der Waals surface area contributed by atoms with Crippen LogP contribution >= 0.6 is 11.8 Å². The molecule has 2 N–H and O–H groups in total. The first-order valence-electron chi connectivity index (χ1n) is 6.13. The molecular weight excluding hydrogens is 233 g/mol. The van der Waals surface area contributed by atoms with Gasteiger partial charge in [-0.05, 0) is 42.7 Å². The molecular formula is C14H22FNS. The molecule has 0 fully saturated rings. The maximum Gasteiger partial charge on any atom is 0.123 e. The van der Waals surface area contributed by atoms with Gasteiger partial charge in [0.2, 0.25) is 0 Å².